The van der Waals surface area contributed by atoms with E-state index in [0.717, 1.165) is 6.42 Å². The van der Waals surface area contributed by atoms with Gasteiger partial charge in [-0.2, -0.15) is 0 Å². The minimum atomic E-state index is 0.260. The van der Waals surface area contributed by atoms with Crippen LogP contribution >= 0.6 is 0 Å². The van der Waals surface area contributed by atoms with Crippen LogP contribution in [0.2, 0.25) is 0 Å². The highest BCUT2D eigenvalue weighted by atomic mass is 15.2. The number of aliphatic imine (C=N–C) groups is 1. The van der Waals surface area contributed by atoms with E-state index in [-0.39, 0.29) is 6.04 Å². The third-order valence-electron chi connectivity index (χ3n) is 2.81. The molecule has 2 unspecified atom stereocenters. The Morgan fingerprint density at radius 3 is 3.15 bits per heavy atom. The molecule has 0 amide bonds. The molecule has 0 bridgehead atoms. The molecule has 2 aliphatic rings. The maximum atomic E-state index is 5.62. The standard InChI is InChI=1S/C10H11N3/c11-10-12-8-5-6-3-1-2-4-7(6)9(8)13-10/h1-4,8-9H,5H2,(H3,11,12,13). The number of fused-ring (bicyclic) bond motifs is 3. The topological polar surface area (TPSA) is 50.4 Å². The molecule has 1 aromatic carbocycles. The van der Waals surface area contributed by atoms with Gasteiger partial charge in [-0.3, -0.25) is 0 Å². The molecule has 1 aliphatic heterocycles. The van der Waals surface area contributed by atoms with Crippen molar-refractivity contribution in [3.8, 4) is 0 Å². The van der Waals surface area contributed by atoms with Gasteiger partial charge in [0.1, 0.15) is 0 Å². The molecular formula is C10H11N3. The summed E-state index contributed by atoms with van der Waals surface area (Å²) in [6, 6.07) is 9.11. The van der Waals surface area contributed by atoms with Gasteiger partial charge >= 0.3 is 0 Å². The van der Waals surface area contributed by atoms with Crippen LogP contribution in [0.25, 0.3) is 0 Å². The van der Waals surface area contributed by atoms with Gasteiger partial charge in [0.2, 0.25) is 0 Å². The number of hydrogen-bond acceptors (Lipinski definition) is 3. The lowest BCUT2D eigenvalue weighted by Crippen LogP contribution is -2.34. The molecular weight excluding hydrogens is 162 g/mol. The first-order valence-electron chi connectivity index (χ1n) is 4.52. The van der Waals surface area contributed by atoms with E-state index in [2.05, 4.69) is 34.6 Å². The lowest BCUT2D eigenvalue weighted by atomic mass is 10.1. The van der Waals surface area contributed by atoms with Gasteiger partial charge in [-0.15, -0.1) is 0 Å². The fraction of sp³-hybridized carbons (Fsp3) is 0.300. The third kappa shape index (κ3) is 0.869. The first-order valence-corrected chi connectivity index (χ1v) is 4.52. The van der Waals surface area contributed by atoms with Crippen LogP contribution in [-0.4, -0.2) is 12.0 Å². The minimum absolute atomic E-state index is 0.260. The van der Waals surface area contributed by atoms with Crippen LogP contribution in [0.4, 0.5) is 0 Å². The van der Waals surface area contributed by atoms with Crippen molar-refractivity contribution in [2.75, 3.05) is 0 Å². The van der Waals surface area contributed by atoms with E-state index in [4.69, 9.17) is 5.73 Å². The molecule has 3 nitrogen and oxygen atoms in total. The van der Waals surface area contributed by atoms with Gasteiger partial charge in [0, 0.05) is 0 Å². The van der Waals surface area contributed by atoms with E-state index in [1.807, 2.05) is 0 Å². The zero-order valence-corrected chi connectivity index (χ0v) is 7.20. The van der Waals surface area contributed by atoms with Gasteiger partial charge in [-0.05, 0) is 17.5 Å². The van der Waals surface area contributed by atoms with E-state index < -0.39 is 0 Å². The van der Waals surface area contributed by atoms with Gasteiger partial charge in [0.25, 0.3) is 0 Å². The maximum absolute atomic E-state index is 5.62. The Morgan fingerprint density at radius 2 is 2.23 bits per heavy atom. The SMILES string of the molecule is NC1=NC2c3ccccc3CC2N1. The van der Waals surface area contributed by atoms with E-state index in [1.165, 1.54) is 11.1 Å². The first-order chi connectivity index (χ1) is 6.34. The highest BCUT2D eigenvalue weighted by molar-refractivity contribution is 5.81. The number of benzene rings is 1. The number of rotatable bonds is 0. The Bertz CT molecular complexity index is 384. The molecule has 66 valence electrons. The number of nitrogens with one attached hydrogen (secondary N) is 1. The summed E-state index contributed by atoms with van der Waals surface area (Å²) in [6.45, 7) is 0. The fourth-order valence-corrected chi connectivity index (χ4v) is 2.24. The summed E-state index contributed by atoms with van der Waals surface area (Å²) >= 11 is 0. The summed E-state index contributed by atoms with van der Waals surface area (Å²) in [7, 11) is 0. The highest BCUT2D eigenvalue weighted by Gasteiger charge is 2.35. The van der Waals surface area contributed by atoms with Crippen molar-refractivity contribution < 1.29 is 0 Å². The molecule has 3 N–H and O–H groups in total. The van der Waals surface area contributed by atoms with Crippen LogP contribution in [0.1, 0.15) is 17.2 Å². The Balaban J connectivity index is 2.10. The van der Waals surface area contributed by atoms with E-state index in [9.17, 15) is 0 Å². The first kappa shape index (κ1) is 6.95. The van der Waals surface area contributed by atoms with Crippen molar-refractivity contribution in [1.82, 2.24) is 5.32 Å². The normalized spacial score (nSPS) is 29.1. The summed E-state index contributed by atoms with van der Waals surface area (Å²) in [6.07, 6.45) is 1.05. The molecule has 0 saturated heterocycles. The number of hydrogen-bond donors (Lipinski definition) is 2. The largest absolute Gasteiger partial charge is 0.370 e. The predicted molar refractivity (Wildman–Crippen MR) is 51.4 cm³/mol. The molecule has 3 rings (SSSR count). The molecule has 2 atom stereocenters. The van der Waals surface area contributed by atoms with E-state index >= 15 is 0 Å². The molecule has 0 fully saturated rings. The molecule has 0 radical (unpaired) electrons. The average molecular weight is 173 g/mol. The molecule has 1 heterocycles. The van der Waals surface area contributed by atoms with Crippen molar-refractivity contribution in [3.63, 3.8) is 0 Å². The number of nitrogens with two attached hydrogens (primary N) is 1. The monoisotopic (exact) mass is 173 g/mol. The van der Waals surface area contributed by atoms with Crippen LogP contribution in [0.15, 0.2) is 29.3 Å². The lowest BCUT2D eigenvalue weighted by molar-refractivity contribution is 0.587. The third-order valence-corrected chi connectivity index (χ3v) is 2.81. The molecule has 0 spiro atoms. The number of nitrogens with zero attached hydrogens (tertiary/aromatic N) is 1. The Hall–Kier alpha value is -1.51. The highest BCUT2D eigenvalue weighted by Crippen LogP contribution is 2.36. The molecule has 0 aromatic heterocycles. The predicted octanol–water partition coefficient (Wildman–Crippen LogP) is 0.570. The number of guanidine groups is 1. The smallest absolute Gasteiger partial charge is 0.189 e. The zero-order valence-electron chi connectivity index (χ0n) is 7.20. The molecule has 1 aromatic rings. The van der Waals surface area contributed by atoms with Crippen molar-refractivity contribution >= 4 is 5.96 Å². The lowest BCUT2D eigenvalue weighted by Gasteiger charge is -2.06. The summed E-state index contributed by atoms with van der Waals surface area (Å²) in [5.74, 6) is 0.588. The summed E-state index contributed by atoms with van der Waals surface area (Å²) in [4.78, 5) is 4.38. The maximum Gasteiger partial charge on any atom is 0.189 e. The molecule has 1 aliphatic carbocycles. The van der Waals surface area contributed by atoms with Gasteiger partial charge in [-0.1, -0.05) is 24.3 Å². The second kappa shape index (κ2) is 2.25. The quantitative estimate of drug-likeness (QED) is 0.602. The van der Waals surface area contributed by atoms with Gasteiger partial charge < -0.3 is 11.1 Å². The molecule has 13 heavy (non-hydrogen) atoms. The summed E-state index contributed by atoms with van der Waals surface area (Å²) in [5.41, 5.74) is 8.36. The van der Waals surface area contributed by atoms with Crippen molar-refractivity contribution in [3.05, 3.63) is 35.4 Å². The fourth-order valence-electron chi connectivity index (χ4n) is 2.24. The minimum Gasteiger partial charge on any atom is -0.370 e. The van der Waals surface area contributed by atoms with Gasteiger partial charge in [0.15, 0.2) is 5.96 Å². The van der Waals surface area contributed by atoms with Crippen LogP contribution in [0, 0.1) is 0 Å². The Kier molecular flexibility index (Phi) is 1.20. The van der Waals surface area contributed by atoms with Gasteiger partial charge in [0.05, 0.1) is 12.1 Å². The van der Waals surface area contributed by atoms with Crippen molar-refractivity contribution in [1.29, 1.82) is 0 Å². The van der Waals surface area contributed by atoms with E-state index in [0.29, 0.717) is 12.0 Å². The Labute approximate surface area is 76.7 Å². The van der Waals surface area contributed by atoms with Crippen molar-refractivity contribution in [2.45, 2.75) is 18.5 Å². The second-order valence-electron chi connectivity index (χ2n) is 3.61. The van der Waals surface area contributed by atoms with Crippen LogP contribution in [0.5, 0.6) is 0 Å². The molecule has 0 saturated carbocycles. The average Bonchev–Trinajstić information content (AvgIpc) is 2.60. The van der Waals surface area contributed by atoms with Crippen molar-refractivity contribution in [2.24, 2.45) is 10.7 Å². The van der Waals surface area contributed by atoms with Crippen LogP contribution < -0.4 is 11.1 Å². The summed E-state index contributed by atoms with van der Waals surface area (Å²) in [5, 5.41) is 3.19. The second-order valence-corrected chi connectivity index (χ2v) is 3.61. The summed E-state index contributed by atoms with van der Waals surface area (Å²) < 4.78 is 0. The van der Waals surface area contributed by atoms with Crippen LogP contribution in [0.3, 0.4) is 0 Å². The van der Waals surface area contributed by atoms with E-state index in [1.54, 1.807) is 0 Å². The molecule has 3 heteroatoms. The van der Waals surface area contributed by atoms with Gasteiger partial charge in [-0.25, -0.2) is 4.99 Å². The Morgan fingerprint density at radius 1 is 1.38 bits per heavy atom. The zero-order chi connectivity index (χ0) is 8.84. The van der Waals surface area contributed by atoms with Crippen LogP contribution in [-0.2, 0) is 6.42 Å².